The van der Waals surface area contributed by atoms with Crippen LogP contribution in [0.5, 0.6) is 0 Å². The van der Waals surface area contributed by atoms with Gasteiger partial charge in [-0.3, -0.25) is 4.90 Å². The van der Waals surface area contributed by atoms with Crippen LogP contribution in [-0.4, -0.2) is 34.2 Å². The standard InChI is InChI=1S/C16H20BrNO4/c1-15(2,3)22-14(21)18-9-5-8-16(18,13(19)20)11-6-4-7-12(17)10-11/h4,6-7,10H,5,8-9H2,1-3H3,(H,19,20). The molecule has 1 aliphatic rings. The highest BCUT2D eigenvalue weighted by Gasteiger charge is 2.52. The largest absolute Gasteiger partial charge is 0.479 e. The van der Waals surface area contributed by atoms with Crippen molar-refractivity contribution in [2.24, 2.45) is 0 Å². The van der Waals surface area contributed by atoms with Crippen LogP contribution in [0.1, 0.15) is 39.2 Å². The molecule has 1 N–H and O–H groups in total. The first-order chi connectivity index (χ1) is 10.2. The van der Waals surface area contributed by atoms with Crippen LogP contribution in [0.25, 0.3) is 0 Å². The zero-order valence-electron chi connectivity index (χ0n) is 12.9. The van der Waals surface area contributed by atoms with Crippen molar-refractivity contribution < 1.29 is 19.4 Å². The van der Waals surface area contributed by atoms with E-state index < -0.39 is 23.2 Å². The van der Waals surface area contributed by atoms with Gasteiger partial charge in [0.25, 0.3) is 0 Å². The minimum Gasteiger partial charge on any atom is -0.479 e. The van der Waals surface area contributed by atoms with E-state index in [2.05, 4.69) is 15.9 Å². The van der Waals surface area contributed by atoms with E-state index in [0.29, 0.717) is 24.9 Å². The molecule has 1 saturated heterocycles. The number of carboxylic acids is 1. The molecule has 1 fully saturated rings. The molecule has 5 nitrogen and oxygen atoms in total. The maximum Gasteiger partial charge on any atom is 0.411 e. The van der Waals surface area contributed by atoms with Crippen molar-refractivity contribution in [2.45, 2.75) is 44.8 Å². The molecule has 0 aliphatic carbocycles. The summed E-state index contributed by atoms with van der Waals surface area (Å²) in [6.07, 6.45) is 0.406. The number of likely N-dealkylation sites (tertiary alicyclic amines) is 1. The first-order valence-corrected chi connectivity index (χ1v) is 7.96. The Kier molecular flexibility index (Phi) is 4.52. The lowest BCUT2D eigenvalue weighted by molar-refractivity contribution is -0.150. The second kappa shape index (κ2) is 5.91. The van der Waals surface area contributed by atoms with Crippen LogP contribution in [0.4, 0.5) is 4.79 Å². The highest BCUT2D eigenvalue weighted by Crippen LogP contribution is 2.41. The number of nitrogens with zero attached hydrogens (tertiary/aromatic N) is 1. The molecule has 0 radical (unpaired) electrons. The van der Waals surface area contributed by atoms with Gasteiger partial charge in [0.1, 0.15) is 5.60 Å². The molecular formula is C16H20BrNO4. The summed E-state index contributed by atoms with van der Waals surface area (Å²) in [4.78, 5) is 25.9. The third-order valence-corrected chi connectivity index (χ3v) is 4.14. The van der Waals surface area contributed by atoms with Crippen molar-refractivity contribution in [2.75, 3.05) is 6.54 Å². The second-order valence-corrected chi connectivity index (χ2v) is 7.33. The Labute approximate surface area is 138 Å². The van der Waals surface area contributed by atoms with Gasteiger partial charge >= 0.3 is 12.1 Å². The lowest BCUT2D eigenvalue weighted by atomic mass is 9.87. The number of hydrogen-bond acceptors (Lipinski definition) is 3. The minimum atomic E-state index is -1.37. The smallest absolute Gasteiger partial charge is 0.411 e. The van der Waals surface area contributed by atoms with Gasteiger partial charge in [-0.1, -0.05) is 28.1 Å². The number of rotatable bonds is 2. The minimum absolute atomic E-state index is 0.369. The quantitative estimate of drug-likeness (QED) is 0.861. The maximum absolute atomic E-state index is 12.5. The fraction of sp³-hybridized carbons (Fsp3) is 0.500. The first-order valence-electron chi connectivity index (χ1n) is 7.17. The summed E-state index contributed by atoms with van der Waals surface area (Å²) in [6.45, 7) is 5.67. The number of amides is 1. The van der Waals surface area contributed by atoms with Gasteiger partial charge in [0.2, 0.25) is 0 Å². The van der Waals surface area contributed by atoms with Crippen molar-refractivity contribution in [1.29, 1.82) is 0 Å². The Hall–Kier alpha value is -1.56. The number of benzene rings is 1. The Morgan fingerprint density at radius 3 is 2.59 bits per heavy atom. The Bertz CT molecular complexity index is 596. The van der Waals surface area contributed by atoms with Gasteiger partial charge in [-0.2, -0.15) is 0 Å². The van der Waals surface area contributed by atoms with Crippen LogP contribution in [0.3, 0.4) is 0 Å². The molecule has 6 heteroatoms. The van der Waals surface area contributed by atoms with E-state index in [1.54, 1.807) is 39.0 Å². The molecule has 0 spiro atoms. The molecule has 1 aromatic carbocycles. The van der Waals surface area contributed by atoms with Gasteiger partial charge in [0.15, 0.2) is 5.54 Å². The van der Waals surface area contributed by atoms with Crippen molar-refractivity contribution in [3.05, 3.63) is 34.3 Å². The van der Waals surface area contributed by atoms with Gasteiger partial charge < -0.3 is 9.84 Å². The molecule has 0 bridgehead atoms. The molecule has 0 aromatic heterocycles. The fourth-order valence-electron chi connectivity index (χ4n) is 2.77. The first kappa shape index (κ1) is 16.8. The maximum atomic E-state index is 12.5. The van der Waals surface area contributed by atoms with Crippen molar-refractivity contribution in [3.63, 3.8) is 0 Å². The number of ether oxygens (including phenoxy) is 1. The van der Waals surface area contributed by atoms with Gasteiger partial charge in [0.05, 0.1) is 0 Å². The molecule has 1 unspecified atom stereocenters. The zero-order chi connectivity index (χ0) is 16.5. The lowest BCUT2D eigenvalue weighted by Crippen LogP contribution is -2.52. The molecule has 1 aliphatic heterocycles. The predicted molar refractivity (Wildman–Crippen MR) is 85.6 cm³/mol. The summed E-state index contributed by atoms with van der Waals surface area (Å²) in [5, 5.41) is 9.86. The average molecular weight is 370 g/mol. The van der Waals surface area contributed by atoms with E-state index >= 15 is 0 Å². The van der Waals surface area contributed by atoms with Crippen molar-refractivity contribution in [1.82, 2.24) is 4.90 Å². The van der Waals surface area contributed by atoms with Crippen LogP contribution in [0, 0.1) is 0 Å². The summed E-state index contributed by atoms with van der Waals surface area (Å²) in [7, 11) is 0. The van der Waals surface area contributed by atoms with Gasteiger partial charge in [-0.25, -0.2) is 9.59 Å². The number of carbonyl (C=O) groups excluding carboxylic acids is 1. The molecule has 1 amide bonds. The van der Waals surface area contributed by atoms with Crippen LogP contribution in [-0.2, 0) is 15.1 Å². The van der Waals surface area contributed by atoms with E-state index in [4.69, 9.17) is 4.74 Å². The predicted octanol–water partition coefficient (Wildman–Crippen LogP) is 3.76. The van der Waals surface area contributed by atoms with E-state index in [1.807, 2.05) is 6.07 Å². The third-order valence-electron chi connectivity index (χ3n) is 3.65. The highest BCUT2D eigenvalue weighted by molar-refractivity contribution is 9.10. The van der Waals surface area contributed by atoms with Gasteiger partial charge in [-0.15, -0.1) is 0 Å². The molecule has 0 saturated carbocycles. The SMILES string of the molecule is CC(C)(C)OC(=O)N1CCCC1(C(=O)O)c1cccc(Br)c1. The van der Waals surface area contributed by atoms with E-state index in [-0.39, 0.29) is 0 Å². The van der Waals surface area contributed by atoms with Gasteiger partial charge in [0, 0.05) is 11.0 Å². The molecule has 1 atom stereocenters. The van der Waals surface area contributed by atoms with Crippen LogP contribution >= 0.6 is 15.9 Å². The monoisotopic (exact) mass is 369 g/mol. The summed E-state index contributed by atoms with van der Waals surface area (Å²) in [5.74, 6) is -1.03. The summed E-state index contributed by atoms with van der Waals surface area (Å²) < 4.78 is 6.17. The van der Waals surface area contributed by atoms with Crippen LogP contribution in [0.15, 0.2) is 28.7 Å². The van der Waals surface area contributed by atoms with E-state index in [1.165, 1.54) is 4.90 Å². The Morgan fingerprint density at radius 1 is 1.36 bits per heavy atom. The average Bonchev–Trinajstić information content (AvgIpc) is 2.82. The Morgan fingerprint density at radius 2 is 2.05 bits per heavy atom. The van der Waals surface area contributed by atoms with Crippen LogP contribution < -0.4 is 0 Å². The highest BCUT2D eigenvalue weighted by atomic mass is 79.9. The number of aliphatic carboxylic acids is 1. The molecule has 1 heterocycles. The second-order valence-electron chi connectivity index (χ2n) is 6.41. The number of carboxylic acid groups (broad SMARTS) is 1. The fourth-order valence-corrected chi connectivity index (χ4v) is 3.17. The number of halogens is 1. The number of carbonyl (C=O) groups is 2. The van der Waals surface area contributed by atoms with Crippen molar-refractivity contribution in [3.8, 4) is 0 Å². The van der Waals surface area contributed by atoms with Gasteiger partial charge in [-0.05, 0) is 51.3 Å². The molecule has 2 rings (SSSR count). The third kappa shape index (κ3) is 3.11. The van der Waals surface area contributed by atoms with Crippen molar-refractivity contribution >= 4 is 28.0 Å². The summed E-state index contributed by atoms with van der Waals surface area (Å²) >= 11 is 3.36. The molecule has 120 valence electrons. The summed E-state index contributed by atoms with van der Waals surface area (Å²) in [6, 6.07) is 7.08. The molecule has 1 aromatic rings. The topological polar surface area (TPSA) is 66.8 Å². The Balaban J connectivity index is 2.45. The number of hydrogen-bond donors (Lipinski definition) is 1. The molecular weight excluding hydrogens is 350 g/mol. The zero-order valence-corrected chi connectivity index (χ0v) is 14.5. The van der Waals surface area contributed by atoms with Crippen LogP contribution in [0.2, 0.25) is 0 Å². The lowest BCUT2D eigenvalue weighted by Gasteiger charge is -2.36. The van der Waals surface area contributed by atoms with E-state index in [0.717, 1.165) is 4.47 Å². The normalized spacial score (nSPS) is 21.7. The molecule has 22 heavy (non-hydrogen) atoms. The summed E-state index contributed by atoms with van der Waals surface area (Å²) in [5.41, 5.74) is -1.45. The van der Waals surface area contributed by atoms with E-state index in [9.17, 15) is 14.7 Å².